The largest absolute Gasteiger partial charge is 0.481 e. The second kappa shape index (κ2) is 7.35. The van der Waals surface area contributed by atoms with Crippen molar-refractivity contribution in [1.29, 1.82) is 0 Å². The van der Waals surface area contributed by atoms with E-state index in [0.717, 1.165) is 12.0 Å². The number of hydrogen-bond acceptors (Lipinski definition) is 1. The maximum Gasteiger partial charge on any atom is 0.303 e. The van der Waals surface area contributed by atoms with Crippen molar-refractivity contribution in [1.82, 2.24) is 0 Å². The molecule has 0 rings (SSSR count). The van der Waals surface area contributed by atoms with Crippen LogP contribution in [0.25, 0.3) is 0 Å². The molecule has 2 heteroatoms. The van der Waals surface area contributed by atoms with Crippen LogP contribution in [-0.2, 0) is 4.79 Å². The molecule has 13 heavy (non-hydrogen) atoms. The van der Waals surface area contributed by atoms with E-state index in [1.54, 1.807) is 6.08 Å². The lowest BCUT2D eigenvalue weighted by molar-refractivity contribution is -0.136. The maximum absolute atomic E-state index is 10.3. The molecule has 0 aliphatic heterocycles. The predicted octanol–water partition coefficient (Wildman–Crippen LogP) is 2.93. The third-order valence-electron chi connectivity index (χ3n) is 1.53. The summed E-state index contributed by atoms with van der Waals surface area (Å²) in [5, 5.41) is 8.48. The molecule has 2 nitrogen and oxygen atoms in total. The molecule has 0 spiro atoms. The molecule has 0 aliphatic rings. The monoisotopic (exact) mass is 180 g/mol. The van der Waals surface area contributed by atoms with Gasteiger partial charge in [-0.2, -0.15) is 0 Å². The van der Waals surface area contributed by atoms with Gasteiger partial charge in [0.1, 0.15) is 0 Å². The Morgan fingerprint density at radius 3 is 2.62 bits per heavy atom. The smallest absolute Gasteiger partial charge is 0.303 e. The highest BCUT2D eigenvalue weighted by Crippen LogP contribution is 2.07. The lowest BCUT2D eigenvalue weighted by Crippen LogP contribution is -1.94. The van der Waals surface area contributed by atoms with Crippen molar-refractivity contribution in [3.05, 3.63) is 36.5 Å². The minimum Gasteiger partial charge on any atom is -0.481 e. The third kappa shape index (κ3) is 7.06. The van der Waals surface area contributed by atoms with E-state index in [4.69, 9.17) is 5.11 Å². The molecule has 0 bridgehead atoms. The van der Waals surface area contributed by atoms with Crippen LogP contribution in [0.5, 0.6) is 0 Å². The molecule has 0 aliphatic carbocycles. The normalized spacial score (nSPS) is 11.9. The highest BCUT2D eigenvalue weighted by atomic mass is 16.4. The molecule has 0 saturated heterocycles. The molecule has 0 aromatic rings. The summed E-state index contributed by atoms with van der Waals surface area (Å²) in [7, 11) is 0. The molecule has 0 radical (unpaired) electrons. The number of carbonyl (C=O) groups is 1. The molecule has 0 heterocycles. The summed E-state index contributed by atoms with van der Waals surface area (Å²) in [5.74, 6) is -0.764. The van der Waals surface area contributed by atoms with Gasteiger partial charge in [-0.15, -0.1) is 0 Å². The minimum atomic E-state index is -0.764. The number of carboxylic acids is 1. The van der Waals surface area contributed by atoms with Gasteiger partial charge in [-0.05, 0) is 18.4 Å². The number of rotatable bonds is 6. The molecule has 1 N–H and O–H groups in total. The van der Waals surface area contributed by atoms with Crippen molar-refractivity contribution in [3.63, 3.8) is 0 Å². The fourth-order valence-corrected chi connectivity index (χ4v) is 0.894. The van der Waals surface area contributed by atoms with Gasteiger partial charge in [0.2, 0.25) is 0 Å². The van der Waals surface area contributed by atoms with Crippen LogP contribution in [0.2, 0.25) is 0 Å². The fraction of sp³-hybridized carbons (Fsp3) is 0.364. The topological polar surface area (TPSA) is 37.3 Å². The summed E-state index contributed by atoms with van der Waals surface area (Å²) in [4.78, 5) is 10.3. The van der Waals surface area contributed by atoms with E-state index in [2.05, 4.69) is 6.58 Å². The predicted molar refractivity (Wildman–Crippen MR) is 54.6 cm³/mol. The van der Waals surface area contributed by atoms with Crippen LogP contribution >= 0.6 is 0 Å². The van der Waals surface area contributed by atoms with Crippen molar-refractivity contribution in [2.45, 2.75) is 26.2 Å². The highest BCUT2D eigenvalue weighted by molar-refractivity contribution is 5.67. The molecule has 0 atom stereocenters. The van der Waals surface area contributed by atoms with Gasteiger partial charge in [-0.1, -0.05) is 37.8 Å². The maximum atomic E-state index is 10.3. The Bertz CT molecular complexity index is 224. The Kier molecular flexibility index (Phi) is 6.60. The number of carboxylic acid groups (broad SMARTS) is 1. The molecular formula is C11H16O2. The SMILES string of the molecule is C=C/C=C(\C=C/CC)CCC(=O)O. The standard InChI is InChI=1S/C11H16O2/c1-3-5-7-10(6-4-2)8-9-11(12)13/h4-7H,2-3,8-9H2,1H3,(H,12,13)/b7-5-,10-6+. The first-order valence-electron chi connectivity index (χ1n) is 4.40. The van der Waals surface area contributed by atoms with E-state index in [-0.39, 0.29) is 6.42 Å². The van der Waals surface area contributed by atoms with Crippen LogP contribution in [-0.4, -0.2) is 11.1 Å². The highest BCUT2D eigenvalue weighted by Gasteiger charge is 1.97. The molecule has 0 saturated carbocycles. The van der Waals surface area contributed by atoms with Gasteiger partial charge in [-0.25, -0.2) is 0 Å². The fourth-order valence-electron chi connectivity index (χ4n) is 0.894. The lowest BCUT2D eigenvalue weighted by atomic mass is 10.1. The van der Waals surface area contributed by atoms with Crippen molar-refractivity contribution < 1.29 is 9.90 Å². The Morgan fingerprint density at radius 2 is 2.15 bits per heavy atom. The van der Waals surface area contributed by atoms with Gasteiger partial charge in [0.05, 0.1) is 0 Å². The van der Waals surface area contributed by atoms with Crippen LogP contribution < -0.4 is 0 Å². The summed E-state index contributed by atoms with van der Waals surface area (Å²) >= 11 is 0. The first kappa shape index (κ1) is 11.7. The van der Waals surface area contributed by atoms with E-state index >= 15 is 0 Å². The average Bonchev–Trinajstić information content (AvgIpc) is 2.09. The van der Waals surface area contributed by atoms with Gasteiger partial charge < -0.3 is 5.11 Å². The van der Waals surface area contributed by atoms with E-state index < -0.39 is 5.97 Å². The number of allylic oxidation sites excluding steroid dienone is 5. The second-order valence-electron chi connectivity index (χ2n) is 2.68. The zero-order chi connectivity index (χ0) is 10.1. The Labute approximate surface area is 79.3 Å². The molecule has 0 fully saturated rings. The van der Waals surface area contributed by atoms with Gasteiger partial charge >= 0.3 is 5.97 Å². The van der Waals surface area contributed by atoms with Gasteiger partial charge in [0, 0.05) is 6.42 Å². The van der Waals surface area contributed by atoms with E-state index in [0.29, 0.717) is 6.42 Å². The van der Waals surface area contributed by atoms with E-state index in [1.807, 2.05) is 25.2 Å². The Hall–Kier alpha value is -1.31. The number of hydrogen-bond donors (Lipinski definition) is 1. The van der Waals surface area contributed by atoms with Crippen LogP contribution in [0, 0.1) is 0 Å². The van der Waals surface area contributed by atoms with Crippen molar-refractivity contribution in [2.24, 2.45) is 0 Å². The van der Waals surface area contributed by atoms with Crippen LogP contribution in [0.15, 0.2) is 36.5 Å². The van der Waals surface area contributed by atoms with Crippen LogP contribution in [0.1, 0.15) is 26.2 Å². The third-order valence-corrected chi connectivity index (χ3v) is 1.53. The summed E-state index contributed by atoms with van der Waals surface area (Å²) in [6.45, 7) is 5.62. The van der Waals surface area contributed by atoms with Gasteiger partial charge in [-0.3, -0.25) is 4.79 Å². The Morgan fingerprint density at radius 1 is 1.46 bits per heavy atom. The minimum absolute atomic E-state index is 0.174. The molecule has 0 aromatic heterocycles. The van der Waals surface area contributed by atoms with Crippen molar-refractivity contribution in [3.8, 4) is 0 Å². The zero-order valence-corrected chi connectivity index (χ0v) is 7.99. The van der Waals surface area contributed by atoms with Crippen molar-refractivity contribution in [2.75, 3.05) is 0 Å². The molecular weight excluding hydrogens is 164 g/mol. The van der Waals surface area contributed by atoms with Crippen LogP contribution in [0.4, 0.5) is 0 Å². The zero-order valence-electron chi connectivity index (χ0n) is 7.99. The van der Waals surface area contributed by atoms with Crippen LogP contribution in [0.3, 0.4) is 0 Å². The van der Waals surface area contributed by atoms with Gasteiger partial charge in [0.15, 0.2) is 0 Å². The molecule has 0 amide bonds. The molecule has 0 unspecified atom stereocenters. The lowest BCUT2D eigenvalue weighted by Gasteiger charge is -1.97. The van der Waals surface area contributed by atoms with E-state index in [1.165, 1.54) is 0 Å². The quantitative estimate of drug-likeness (QED) is 0.638. The second-order valence-corrected chi connectivity index (χ2v) is 2.68. The first-order valence-corrected chi connectivity index (χ1v) is 4.40. The van der Waals surface area contributed by atoms with E-state index in [9.17, 15) is 4.79 Å². The summed E-state index contributed by atoms with van der Waals surface area (Å²) in [5.41, 5.74) is 1.01. The average molecular weight is 180 g/mol. The summed E-state index contributed by atoms with van der Waals surface area (Å²) < 4.78 is 0. The van der Waals surface area contributed by atoms with Crippen molar-refractivity contribution >= 4 is 5.97 Å². The van der Waals surface area contributed by atoms with Gasteiger partial charge in [0.25, 0.3) is 0 Å². The first-order chi connectivity index (χ1) is 6.20. The Balaban J connectivity index is 4.10. The molecule has 72 valence electrons. The summed E-state index contributed by atoms with van der Waals surface area (Å²) in [6, 6.07) is 0. The number of aliphatic carboxylic acids is 1. The summed E-state index contributed by atoms with van der Waals surface area (Å²) in [6.07, 6.45) is 9.18. The molecule has 0 aromatic carbocycles.